The van der Waals surface area contributed by atoms with Crippen molar-refractivity contribution in [1.82, 2.24) is 10.2 Å². The third-order valence-electron chi connectivity index (χ3n) is 3.65. The first-order chi connectivity index (χ1) is 10.1. The van der Waals surface area contributed by atoms with Gasteiger partial charge in [0.2, 0.25) is 5.91 Å². The molecule has 0 unspecified atom stereocenters. The number of carbonyl (C=O) groups excluding carboxylic acids is 3. The lowest BCUT2D eigenvalue weighted by molar-refractivity contribution is -0.121. The van der Waals surface area contributed by atoms with Crippen molar-refractivity contribution in [2.75, 3.05) is 14.2 Å². The van der Waals surface area contributed by atoms with Crippen LogP contribution in [0.15, 0.2) is 18.2 Å². The molecule has 2 amide bonds. The number of fused-ring (bicyclic) bond motifs is 1. The van der Waals surface area contributed by atoms with E-state index in [9.17, 15) is 14.4 Å². The molecule has 6 nitrogen and oxygen atoms in total. The Labute approximate surface area is 123 Å². The van der Waals surface area contributed by atoms with Gasteiger partial charge in [0.15, 0.2) is 0 Å². The van der Waals surface area contributed by atoms with Gasteiger partial charge in [-0.1, -0.05) is 0 Å². The summed E-state index contributed by atoms with van der Waals surface area (Å²) >= 11 is 0. The quantitative estimate of drug-likeness (QED) is 0.784. The van der Waals surface area contributed by atoms with E-state index in [0.29, 0.717) is 24.3 Å². The number of amides is 2. The zero-order valence-electron chi connectivity index (χ0n) is 12.1. The van der Waals surface area contributed by atoms with E-state index >= 15 is 0 Å². The molecule has 112 valence electrons. The first kappa shape index (κ1) is 15.0. The Morgan fingerprint density at radius 3 is 2.90 bits per heavy atom. The van der Waals surface area contributed by atoms with Crippen LogP contribution in [-0.2, 0) is 16.1 Å². The molecule has 0 fully saturated rings. The van der Waals surface area contributed by atoms with Crippen LogP contribution in [0.1, 0.15) is 28.8 Å². The van der Waals surface area contributed by atoms with Crippen molar-refractivity contribution in [3.63, 3.8) is 0 Å². The normalized spacial score (nSPS) is 14.6. The Bertz CT molecular complexity index is 571. The summed E-state index contributed by atoms with van der Waals surface area (Å²) < 4.78 is 5.14. The van der Waals surface area contributed by atoms with E-state index < -0.39 is 6.04 Å². The molecule has 0 saturated carbocycles. The molecule has 1 aliphatic rings. The van der Waals surface area contributed by atoms with E-state index in [4.69, 9.17) is 4.74 Å². The maximum atomic E-state index is 12.3. The van der Waals surface area contributed by atoms with Gasteiger partial charge in [0.05, 0.1) is 13.2 Å². The van der Waals surface area contributed by atoms with Crippen molar-refractivity contribution < 1.29 is 19.1 Å². The molecule has 0 spiro atoms. The molecule has 0 saturated heterocycles. The van der Waals surface area contributed by atoms with Crippen LogP contribution in [0.3, 0.4) is 0 Å². The Morgan fingerprint density at radius 2 is 2.29 bits per heavy atom. The predicted molar refractivity (Wildman–Crippen MR) is 76.0 cm³/mol. The summed E-state index contributed by atoms with van der Waals surface area (Å²) in [7, 11) is 3.11. The third kappa shape index (κ3) is 3.04. The summed E-state index contributed by atoms with van der Waals surface area (Å²) in [6.45, 7) is 0.364. The van der Waals surface area contributed by atoms with Crippen molar-refractivity contribution in [2.24, 2.45) is 0 Å². The highest BCUT2D eigenvalue weighted by molar-refractivity contribution is 5.99. The number of benzene rings is 1. The minimum atomic E-state index is -0.590. The predicted octanol–water partition coefficient (Wildman–Crippen LogP) is 0.745. The van der Waals surface area contributed by atoms with Crippen LogP contribution in [0, 0.1) is 0 Å². The molecule has 1 heterocycles. The van der Waals surface area contributed by atoms with Crippen molar-refractivity contribution in [2.45, 2.75) is 25.4 Å². The number of hydrogen-bond acceptors (Lipinski definition) is 4. The van der Waals surface area contributed by atoms with Crippen molar-refractivity contribution in [3.8, 4) is 5.75 Å². The number of rotatable bonds is 6. The van der Waals surface area contributed by atoms with E-state index in [1.54, 1.807) is 32.4 Å². The summed E-state index contributed by atoms with van der Waals surface area (Å²) in [5.41, 5.74) is 1.42. The molecule has 6 heteroatoms. The Morgan fingerprint density at radius 1 is 1.52 bits per heavy atom. The molecular formula is C15H18N2O4. The van der Waals surface area contributed by atoms with Crippen LogP contribution in [0.25, 0.3) is 0 Å². The largest absolute Gasteiger partial charge is 0.497 e. The van der Waals surface area contributed by atoms with Crippen molar-refractivity contribution >= 4 is 18.1 Å². The summed E-state index contributed by atoms with van der Waals surface area (Å²) in [4.78, 5) is 36.4. The average molecular weight is 290 g/mol. The Kier molecular flexibility index (Phi) is 4.57. The first-order valence-electron chi connectivity index (χ1n) is 6.74. The first-order valence-corrected chi connectivity index (χ1v) is 6.74. The summed E-state index contributed by atoms with van der Waals surface area (Å²) in [5.74, 6) is 0.353. The van der Waals surface area contributed by atoms with Gasteiger partial charge >= 0.3 is 0 Å². The standard InChI is InChI=1S/C15H18N2O4/c1-16-14(19)6-3-11(9-18)17-8-10-7-12(21-2)4-5-13(10)15(17)20/h4-5,7,9,11H,3,6,8H2,1-2H3,(H,16,19)/t11-/m0/s1. The second-order valence-electron chi connectivity index (χ2n) is 4.87. The molecule has 0 aliphatic carbocycles. The lowest BCUT2D eigenvalue weighted by Gasteiger charge is -2.22. The number of ether oxygens (including phenoxy) is 1. The second kappa shape index (κ2) is 6.39. The number of carbonyl (C=O) groups is 3. The fourth-order valence-corrected chi connectivity index (χ4v) is 2.42. The van der Waals surface area contributed by atoms with Gasteiger partial charge in [-0.25, -0.2) is 0 Å². The summed E-state index contributed by atoms with van der Waals surface area (Å²) in [6.07, 6.45) is 1.26. The van der Waals surface area contributed by atoms with Gasteiger partial charge in [0.1, 0.15) is 12.0 Å². The fourth-order valence-electron chi connectivity index (χ4n) is 2.42. The maximum Gasteiger partial charge on any atom is 0.255 e. The van der Waals surface area contributed by atoms with Gasteiger partial charge in [-0.15, -0.1) is 0 Å². The summed E-state index contributed by atoms with van der Waals surface area (Å²) in [5, 5.41) is 2.50. The molecule has 1 N–H and O–H groups in total. The van der Waals surface area contributed by atoms with E-state index in [0.717, 1.165) is 11.8 Å². The molecule has 0 bridgehead atoms. The topological polar surface area (TPSA) is 75.7 Å². The molecule has 1 aliphatic heterocycles. The molecule has 1 aromatic rings. The van der Waals surface area contributed by atoms with Gasteiger partial charge < -0.3 is 19.7 Å². The zero-order valence-corrected chi connectivity index (χ0v) is 12.1. The second-order valence-corrected chi connectivity index (χ2v) is 4.87. The molecule has 0 radical (unpaired) electrons. The monoisotopic (exact) mass is 290 g/mol. The van der Waals surface area contributed by atoms with Crippen LogP contribution in [0.5, 0.6) is 5.75 Å². The van der Waals surface area contributed by atoms with E-state index in [1.807, 2.05) is 0 Å². The highest BCUT2D eigenvalue weighted by atomic mass is 16.5. The highest BCUT2D eigenvalue weighted by Gasteiger charge is 2.32. The lowest BCUT2D eigenvalue weighted by Crippen LogP contribution is -2.37. The third-order valence-corrected chi connectivity index (χ3v) is 3.65. The molecule has 1 atom stereocenters. The molecular weight excluding hydrogens is 272 g/mol. The van der Waals surface area contributed by atoms with Crippen LogP contribution in [0.2, 0.25) is 0 Å². The van der Waals surface area contributed by atoms with Gasteiger partial charge in [0.25, 0.3) is 5.91 Å². The van der Waals surface area contributed by atoms with Crippen LogP contribution < -0.4 is 10.1 Å². The number of hydrogen-bond donors (Lipinski definition) is 1. The molecule has 21 heavy (non-hydrogen) atoms. The van der Waals surface area contributed by atoms with E-state index in [1.165, 1.54) is 4.90 Å². The minimum Gasteiger partial charge on any atom is -0.497 e. The molecule has 0 aromatic heterocycles. The van der Waals surface area contributed by atoms with Crippen molar-refractivity contribution in [3.05, 3.63) is 29.3 Å². The lowest BCUT2D eigenvalue weighted by atomic mass is 10.1. The summed E-state index contributed by atoms with van der Waals surface area (Å²) in [6, 6.07) is 4.64. The Balaban J connectivity index is 2.13. The van der Waals surface area contributed by atoms with Crippen LogP contribution in [0.4, 0.5) is 0 Å². The van der Waals surface area contributed by atoms with Gasteiger partial charge in [-0.3, -0.25) is 9.59 Å². The number of nitrogens with zero attached hydrogens (tertiary/aromatic N) is 1. The number of methoxy groups -OCH3 is 1. The van der Waals surface area contributed by atoms with Crippen LogP contribution >= 0.6 is 0 Å². The zero-order chi connectivity index (χ0) is 15.4. The highest BCUT2D eigenvalue weighted by Crippen LogP contribution is 2.28. The van der Waals surface area contributed by atoms with Gasteiger partial charge in [-0.2, -0.15) is 0 Å². The number of nitrogens with one attached hydrogen (secondary N) is 1. The molecule has 2 rings (SSSR count). The number of aldehydes is 1. The van der Waals surface area contributed by atoms with E-state index in [-0.39, 0.29) is 18.2 Å². The van der Waals surface area contributed by atoms with Crippen molar-refractivity contribution in [1.29, 1.82) is 0 Å². The molecule has 1 aromatic carbocycles. The Hall–Kier alpha value is -2.37. The SMILES string of the molecule is CNC(=O)CC[C@@H](C=O)N1Cc2cc(OC)ccc2C1=O. The van der Waals surface area contributed by atoms with E-state index in [2.05, 4.69) is 5.32 Å². The smallest absolute Gasteiger partial charge is 0.255 e. The minimum absolute atomic E-state index is 0.146. The average Bonchev–Trinajstić information content (AvgIpc) is 2.84. The maximum absolute atomic E-state index is 12.3. The van der Waals surface area contributed by atoms with Gasteiger partial charge in [0, 0.05) is 25.6 Å². The van der Waals surface area contributed by atoms with Crippen LogP contribution in [-0.4, -0.2) is 43.2 Å². The van der Waals surface area contributed by atoms with Gasteiger partial charge in [-0.05, 0) is 30.2 Å². The fraction of sp³-hybridized carbons (Fsp3) is 0.400.